The molecule has 0 radical (unpaired) electrons. The first-order chi connectivity index (χ1) is 11.0. The molecule has 0 fully saturated rings. The monoisotopic (exact) mass is 316 g/mol. The van der Waals surface area contributed by atoms with Gasteiger partial charge in [-0.15, -0.1) is 0 Å². The van der Waals surface area contributed by atoms with Crippen molar-refractivity contribution in [3.63, 3.8) is 0 Å². The summed E-state index contributed by atoms with van der Waals surface area (Å²) in [5.74, 6) is 0.185. The molecule has 122 valence electrons. The van der Waals surface area contributed by atoms with Crippen LogP contribution in [-0.2, 0) is 20.7 Å². The molecule has 0 aliphatic heterocycles. The van der Waals surface area contributed by atoms with E-state index in [9.17, 15) is 9.59 Å². The number of aromatic amines is 1. The van der Waals surface area contributed by atoms with E-state index in [-0.39, 0.29) is 18.9 Å². The van der Waals surface area contributed by atoms with Crippen LogP contribution in [0.25, 0.3) is 10.9 Å². The first-order valence-electron chi connectivity index (χ1n) is 7.21. The van der Waals surface area contributed by atoms with Crippen LogP contribution in [0.4, 0.5) is 0 Å². The third-order valence-corrected chi connectivity index (χ3v) is 3.54. The summed E-state index contributed by atoms with van der Waals surface area (Å²) >= 11 is 0. The molecule has 0 atom stereocenters. The van der Waals surface area contributed by atoms with Gasteiger partial charge in [-0.25, -0.2) is 4.79 Å². The molecule has 1 amide bonds. The van der Waals surface area contributed by atoms with Gasteiger partial charge < -0.3 is 19.8 Å². The van der Waals surface area contributed by atoms with E-state index < -0.39 is 5.97 Å². The molecule has 2 rings (SSSR count). The van der Waals surface area contributed by atoms with Crippen LogP contribution in [0.3, 0.4) is 0 Å². The normalized spacial score (nSPS) is 10.9. The van der Waals surface area contributed by atoms with Crippen LogP contribution in [0, 0.1) is 6.92 Å². The standard InChI is InChI=1S/C17H20N2O4/c1-11-13(10-16(20)18-8-4-5-17(21)23-3)14-9-12(22-2)6-7-15(14)19-11/h4-7,9,19H,8,10H2,1-3H3,(H,18,20)/b5-4+. The second-order valence-corrected chi connectivity index (χ2v) is 5.05. The van der Waals surface area contributed by atoms with Crippen molar-refractivity contribution < 1.29 is 19.1 Å². The van der Waals surface area contributed by atoms with Crippen molar-refractivity contribution in [1.82, 2.24) is 10.3 Å². The van der Waals surface area contributed by atoms with Crippen molar-refractivity contribution in [3.05, 3.63) is 41.6 Å². The van der Waals surface area contributed by atoms with Gasteiger partial charge in [0, 0.05) is 29.2 Å². The molecular weight excluding hydrogens is 296 g/mol. The molecule has 6 heteroatoms. The highest BCUT2D eigenvalue weighted by atomic mass is 16.5. The maximum Gasteiger partial charge on any atom is 0.330 e. The number of H-pyrrole nitrogens is 1. The Morgan fingerprint density at radius 1 is 1.30 bits per heavy atom. The zero-order valence-corrected chi connectivity index (χ0v) is 13.4. The molecule has 23 heavy (non-hydrogen) atoms. The van der Waals surface area contributed by atoms with Crippen molar-refractivity contribution in [2.75, 3.05) is 20.8 Å². The van der Waals surface area contributed by atoms with Gasteiger partial charge in [-0.05, 0) is 30.7 Å². The van der Waals surface area contributed by atoms with Crippen LogP contribution >= 0.6 is 0 Å². The average Bonchev–Trinajstić information content (AvgIpc) is 2.86. The van der Waals surface area contributed by atoms with E-state index in [4.69, 9.17) is 4.74 Å². The topological polar surface area (TPSA) is 80.4 Å². The molecule has 0 unspecified atom stereocenters. The average molecular weight is 316 g/mol. The highest BCUT2D eigenvalue weighted by Gasteiger charge is 2.12. The predicted molar refractivity (Wildman–Crippen MR) is 87.5 cm³/mol. The smallest absolute Gasteiger partial charge is 0.330 e. The third-order valence-electron chi connectivity index (χ3n) is 3.54. The lowest BCUT2D eigenvalue weighted by Gasteiger charge is -2.04. The maximum atomic E-state index is 12.1. The summed E-state index contributed by atoms with van der Waals surface area (Å²) in [5.41, 5.74) is 2.86. The lowest BCUT2D eigenvalue weighted by atomic mass is 10.1. The number of benzene rings is 1. The Labute approximate surface area is 134 Å². The van der Waals surface area contributed by atoms with Crippen molar-refractivity contribution >= 4 is 22.8 Å². The van der Waals surface area contributed by atoms with Gasteiger partial charge in [0.05, 0.1) is 20.6 Å². The molecule has 0 aliphatic rings. The van der Waals surface area contributed by atoms with Crippen LogP contribution in [0.5, 0.6) is 5.75 Å². The molecule has 1 heterocycles. The van der Waals surface area contributed by atoms with E-state index in [1.165, 1.54) is 13.2 Å². The number of aromatic nitrogens is 1. The summed E-state index contributed by atoms with van der Waals surface area (Å²) in [6.07, 6.45) is 3.09. The number of aryl methyl sites for hydroxylation is 1. The quantitative estimate of drug-likeness (QED) is 0.630. The van der Waals surface area contributed by atoms with Crippen molar-refractivity contribution in [1.29, 1.82) is 0 Å². The van der Waals surface area contributed by atoms with Crippen molar-refractivity contribution in [3.8, 4) is 5.75 Å². The number of amides is 1. The number of rotatable bonds is 6. The Hall–Kier alpha value is -2.76. The molecular formula is C17H20N2O4. The Balaban J connectivity index is 2.06. The fourth-order valence-corrected chi connectivity index (χ4v) is 2.34. The highest BCUT2D eigenvalue weighted by Crippen LogP contribution is 2.26. The molecule has 0 spiro atoms. The first kappa shape index (κ1) is 16.6. The molecule has 0 aliphatic carbocycles. The lowest BCUT2D eigenvalue weighted by Crippen LogP contribution is -2.25. The van der Waals surface area contributed by atoms with Gasteiger partial charge in [0.25, 0.3) is 0 Å². The van der Waals surface area contributed by atoms with Gasteiger partial charge in [-0.1, -0.05) is 6.08 Å². The van der Waals surface area contributed by atoms with E-state index in [0.717, 1.165) is 27.9 Å². The van der Waals surface area contributed by atoms with Crippen LogP contribution in [0.15, 0.2) is 30.4 Å². The second-order valence-electron chi connectivity index (χ2n) is 5.05. The predicted octanol–water partition coefficient (Wildman–Crippen LogP) is 1.87. The van der Waals surface area contributed by atoms with Gasteiger partial charge in [0.2, 0.25) is 5.91 Å². The van der Waals surface area contributed by atoms with Gasteiger partial charge in [0.1, 0.15) is 5.75 Å². The SMILES string of the molecule is COC(=O)/C=C/CNC(=O)Cc1c(C)[nH]c2ccc(OC)cc12. The summed E-state index contributed by atoms with van der Waals surface area (Å²) in [7, 11) is 2.92. The molecule has 2 N–H and O–H groups in total. The summed E-state index contributed by atoms with van der Waals surface area (Å²) in [6.45, 7) is 2.21. The molecule has 6 nitrogen and oxygen atoms in total. The van der Waals surface area contributed by atoms with Gasteiger partial charge >= 0.3 is 5.97 Å². The van der Waals surface area contributed by atoms with E-state index >= 15 is 0 Å². The van der Waals surface area contributed by atoms with Crippen LogP contribution in [0.2, 0.25) is 0 Å². The number of carbonyl (C=O) groups is 2. The largest absolute Gasteiger partial charge is 0.497 e. The molecule has 2 aromatic rings. The van der Waals surface area contributed by atoms with E-state index in [2.05, 4.69) is 15.0 Å². The van der Waals surface area contributed by atoms with Gasteiger partial charge in [-0.2, -0.15) is 0 Å². The molecule has 0 bridgehead atoms. The zero-order valence-electron chi connectivity index (χ0n) is 13.4. The Kier molecular flexibility index (Phi) is 5.41. The summed E-state index contributed by atoms with van der Waals surface area (Å²) < 4.78 is 9.71. The number of methoxy groups -OCH3 is 2. The second kappa shape index (κ2) is 7.49. The molecule has 1 aromatic heterocycles. The Morgan fingerprint density at radius 3 is 2.78 bits per heavy atom. The minimum atomic E-state index is -0.446. The van der Waals surface area contributed by atoms with Crippen molar-refractivity contribution in [2.24, 2.45) is 0 Å². The number of esters is 1. The number of hydrogen-bond donors (Lipinski definition) is 2. The summed E-state index contributed by atoms with van der Waals surface area (Å²) in [5, 5.41) is 3.72. The van der Waals surface area contributed by atoms with E-state index in [1.807, 2.05) is 25.1 Å². The van der Waals surface area contributed by atoms with Crippen LogP contribution in [-0.4, -0.2) is 37.6 Å². The number of carbonyl (C=O) groups excluding carboxylic acids is 2. The van der Waals surface area contributed by atoms with Crippen LogP contribution in [0.1, 0.15) is 11.3 Å². The number of fused-ring (bicyclic) bond motifs is 1. The number of nitrogens with one attached hydrogen (secondary N) is 2. The highest BCUT2D eigenvalue weighted by molar-refractivity contribution is 5.91. The minimum absolute atomic E-state index is 0.119. The Bertz CT molecular complexity index is 746. The third kappa shape index (κ3) is 4.12. The fourth-order valence-electron chi connectivity index (χ4n) is 2.34. The Morgan fingerprint density at radius 2 is 2.09 bits per heavy atom. The van der Waals surface area contributed by atoms with E-state index in [1.54, 1.807) is 13.2 Å². The van der Waals surface area contributed by atoms with E-state index in [0.29, 0.717) is 0 Å². The number of ether oxygens (including phenoxy) is 2. The van der Waals surface area contributed by atoms with Gasteiger partial charge in [-0.3, -0.25) is 4.79 Å². The summed E-state index contributed by atoms with van der Waals surface area (Å²) in [4.78, 5) is 26.3. The number of hydrogen-bond acceptors (Lipinski definition) is 4. The van der Waals surface area contributed by atoms with Crippen LogP contribution < -0.4 is 10.1 Å². The maximum absolute atomic E-state index is 12.1. The molecule has 1 aromatic carbocycles. The fraction of sp³-hybridized carbons (Fsp3) is 0.294. The molecule has 0 saturated carbocycles. The minimum Gasteiger partial charge on any atom is -0.497 e. The lowest BCUT2D eigenvalue weighted by molar-refractivity contribution is -0.134. The van der Waals surface area contributed by atoms with Crippen molar-refractivity contribution in [2.45, 2.75) is 13.3 Å². The van der Waals surface area contributed by atoms with Gasteiger partial charge in [0.15, 0.2) is 0 Å². The molecule has 0 saturated heterocycles. The first-order valence-corrected chi connectivity index (χ1v) is 7.21. The zero-order chi connectivity index (χ0) is 16.8. The summed E-state index contributed by atoms with van der Waals surface area (Å²) in [6, 6.07) is 5.72.